The molecule has 1 amide bonds. The highest BCUT2D eigenvalue weighted by molar-refractivity contribution is 6.32. The summed E-state index contributed by atoms with van der Waals surface area (Å²) in [6.45, 7) is 6.45. The van der Waals surface area contributed by atoms with Crippen LogP contribution in [0.4, 0.5) is 5.69 Å². The van der Waals surface area contributed by atoms with Crippen molar-refractivity contribution in [1.82, 2.24) is 5.32 Å². The van der Waals surface area contributed by atoms with Gasteiger partial charge in [-0.25, -0.2) is 0 Å². The van der Waals surface area contributed by atoms with Crippen LogP contribution >= 0.6 is 24.0 Å². The van der Waals surface area contributed by atoms with E-state index in [0.717, 1.165) is 0 Å². The van der Waals surface area contributed by atoms with E-state index in [4.69, 9.17) is 21.1 Å². The molecule has 1 unspecified atom stereocenters. The maximum absolute atomic E-state index is 12.1. The summed E-state index contributed by atoms with van der Waals surface area (Å²) in [7, 11) is 0. The van der Waals surface area contributed by atoms with Crippen molar-refractivity contribution in [3.05, 3.63) is 23.2 Å². The van der Waals surface area contributed by atoms with Crippen molar-refractivity contribution < 1.29 is 14.3 Å². The van der Waals surface area contributed by atoms with Crippen LogP contribution in [0.25, 0.3) is 0 Å². The number of amides is 1. The molecule has 1 aromatic rings. The number of carbonyl (C=O) groups is 1. The zero-order valence-corrected chi connectivity index (χ0v) is 14.3. The van der Waals surface area contributed by atoms with Crippen molar-refractivity contribution in [2.24, 2.45) is 5.92 Å². The van der Waals surface area contributed by atoms with E-state index in [1.807, 2.05) is 0 Å². The van der Waals surface area contributed by atoms with Crippen molar-refractivity contribution in [3.8, 4) is 5.75 Å². The third kappa shape index (κ3) is 5.65. The lowest BCUT2D eigenvalue weighted by Crippen LogP contribution is -2.48. The van der Waals surface area contributed by atoms with Crippen LogP contribution in [-0.2, 0) is 9.53 Å². The van der Waals surface area contributed by atoms with E-state index in [1.165, 1.54) is 0 Å². The van der Waals surface area contributed by atoms with E-state index in [-0.39, 0.29) is 24.4 Å². The molecule has 1 heterocycles. The summed E-state index contributed by atoms with van der Waals surface area (Å²) in [5.74, 6) is 0.932. The van der Waals surface area contributed by atoms with Crippen molar-refractivity contribution in [2.45, 2.75) is 19.9 Å². The lowest BCUT2D eigenvalue weighted by molar-refractivity contribution is -0.120. The predicted octanol–water partition coefficient (Wildman–Crippen LogP) is 2.72. The van der Waals surface area contributed by atoms with E-state index >= 15 is 0 Å². The van der Waals surface area contributed by atoms with Crippen molar-refractivity contribution >= 4 is 35.6 Å². The number of rotatable bonds is 5. The Morgan fingerprint density at radius 3 is 2.91 bits per heavy atom. The Bertz CT molecular complexity index is 492. The van der Waals surface area contributed by atoms with Crippen molar-refractivity contribution in [2.75, 3.05) is 31.7 Å². The SMILES string of the molecule is CC(C)COc1ccc(NC(=O)C2COCCN2)cc1Cl.Cl. The lowest BCUT2D eigenvalue weighted by Gasteiger charge is -2.23. The fourth-order valence-electron chi connectivity index (χ4n) is 1.92. The number of ether oxygens (including phenoxy) is 2. The largest absolute Gasteiger partial charge is 0.492 e. The van der Waals surface area contributed by atoms with Gasteiger partial charge < -0.3 is 20.1 Å². The fourth-order valence-corrected chi connectivity index (χ4v) is 2.15. The van der Waals surface area contributed by atoms with Crippen LogP contribution in [0.2, 0.25) is 5.02 Å². The normalized spacial score (nSPS) is 17.7. The Kier molecular flexibility index (Phi) is 7.96. The number of anilines is 1. The van der Waals surface area contributed by atoms with Crippen molar-refractivity contribution in [3.63, 3.8) is 0 Å². The number of morpholine rings is 1. The quantitative estimate of drug-likeness (QED) is 0.858. The zero-order valence-electron chi connectivity index (χ0n) is 12.7. The van der Waals surface area contributed by atoms with E-state index in [9.17, 15) is 4.79 Å². The number of hydrogen-bond donors (Lipinski definition) is 2. The molecule has 2 rings (SSSR count). The standard InChI is InChI=1S/C15H21ClN2O3.ClH/c1-10(2)8-21-14-4-3-11(7-12(14)16)18-15(19)13-9-20-6-5-17-13;/h3-4,7,10,13,17H,5-6,8-9H2,1-2H3,(H,18,19);1H. The second-order valence-electron chi connectivity index (χ2n) is 5.42. The van der Waals surface area contributed by atoms with E-state index in [1.54, 1.807) is 18.2 Å². The Morgan fingerprint density at radius 1 is 1.55 bits per heavy atom. The van der Waals surface area contributed by atoms with E-state index in [2.05, 4.69) is 24.5 Å². The highest BCUT2D eigenvalue weighted by Gasteiger charge is 2.21. The number of benzene rings is 1. The van der Waals surface area contributed by atoms with Gasteiger partial charge in [0.05, 0.1) is 24.8 Å². The first-order valence-electron chi connectivity index (χ1n) is 7.10. The highest BCUT2D eigenvalue weighted by Crippen LogP contribution is 2.28. The molecule has 7 heteroatoms. The van der Waals surface area contributed by atoms with Crippen LogP contribution in [0.3, 0.4) is 0 Å². The molecule has 22 heavy (non-hydrogen) atoms. The molecule has 0 aliphatic carbocycles. The van der Waals surface area contributed by atoms with Crippen LogP contribution < -0.4 is 15.4 Å². The highest BCUT2D eigenvalue weighted by atomic mass is 35.5. The second kappa shape index (κ2) is 9.20. The minimum atomic E-state index is -0.325. The van der Waals surface area contributed by atoms with Gasteiger partial charge in [0.25, 0.3) is 0 Å². The first kappa shape index (κ1) is 19.0. The topological polar surface area (TPSA) is 59.6 Å². The third-order valence-electron chi connectivity index (χ3n) is 3.01. The Balaban J connectivity index is 0.00000242. The summed E-state index contributed by atoms with van der Waals surface area (Å²) in [5, 5.41) is 6.41. The summed E-state index contributed by atoms with van der Waals surface area (Å²) in [5.41, 5.74) is 0.647. The van der Waals surface area contributed by atoms with Gasteiger partial charge in [0.15, 0.2) is 0 Å². The monoisotopic (exact) mass is 348 g/mol. The summed E-state index contributed by atoms with van der Waals surface area (Å²) >= 11 is 6.17. The first-order chi connectivity index (χ1) is 10.1. The number of carbonyl (C=O) groups excluding carboxylic acids is 1. The summed E-state index contributed by atoms with van der Waals surface area (Å²) in [4.78, 5) is 12.1. The summed E-state index contributed by atoms with van der Waals surface area (Å²) in [6.07, 6.45) is 0. The number of halogens is 2. The number of hydrogen-bond acceptors (Lipinski definition) is 4. The Morgan fingerprint density at radius 2 is 2.32 bits per heavy atom. The molecule has 0 aromatic heterocycles. The van der Waals surface area contributed by atoms with Gasteiger partial charge in [-0.3, -0.25) is 4.79 Å². The molecular formula is C15H22Cl2N2O3. The second-order valence-corrected chi connectivity index (χ2v) is 5.83. The van der Waals surface area contributed by atoms with Gasteiger partial charge in [-0.15, -0.1) is 12.4 Å². The van der Waals surface area contributed by atoms with Crippen LogP contribution in [0.5, 0.6) is 5.75 Å². The molecule has 2 N–H and O–H groups in total. The molecule has 0 bridgehead atoms. The average Bonchev–Trinajstić information content (AvgIpc) is 2.47. The smallest absolute Gasteiger partial charge is 0.243 e. The molecule has 1 aliphatic heterocycles. The van der Waals surface area contributed by atoms with Gasteiger partial charge in [-0.2, -0.15) is 0 Å². The minimum absolute atomic E-state index is 0. The van der Waals surface area contributed by atoms with Crippen LogP contribution in [-0.4, -0.2) is 38.3 Å². The van der Waals surface area contributed by atoms with Gasteiger partial charge in [-0.1, -0.05) is 25.4 Å². The predicted molar refractivity (Wildman–Crippen MR) is 90.3 cm³/mol. The van der Waals surface area contributed by atoms with Gasteiger partial charge in [0, 0.05) is 12.2 Å². The lowest BCUT2D eigenvalue weighted by atomic mass is 10.2. The van der Waals surface area contributed by atoms with Crippen LogP contribution in [0.1, 0.15) is 13.8 Å². The number of nitrogens with one attached hydrogen (secondary N) is 2. The Labute approximate surface area is 142 Å². The maximum atomic E-state index is 12.1. The molecule has 0 spiro atoms. The molecule has 0 saturated carbocycles. The molecule has 1 fully saturated rings. The van der Waals surface area contributed by atoms with Gasteiger partial charge in [0.2, 0.25) is 5.91 Å². The Hall–Kier alpha value is -1.01. The summed E-state index contributed by atoms with van der Waals surface area (Å²) < 4.78 is 10.9. The molecule has 1 aromatic carbocycles. The van der Waals surface area contributed by atoms with Gasteiger partial charge in [0.1, 0.15) is 11.8 Å². The average molecular weight is 349 g/mol. The fraction of sp³-hybridized carbons (Fsp3) is 0.533. The summed E-state index contributed by atoms with van der Waals surface area (Å²) in [6, 6.07) is 4.92. The minimum Gasteiger partial charge on any atom is -0.492 e. The van der Waals surface area contributed by atoms with Gasteiger partial charge >= 0.3 is 0 Å². The van der Waals surface area contributed by atoms with Crippen LogP contribution in [0.15, 0.2) is 18.2 Å². The van der Waals surface area contributed by atoms with E-state index < -0.39 is 0 Å². The van der Waals surface area contributed by atoms with E-state index in [0.29, 0.717) is 48.7 Å². The molecule has 0 radical (unpaired) electrons. The van der Waals surface area contributed by atoms with Crippen molar-refractivity contribution in [1.29, 1.82) is 0 Å². The maximum Gasteiger partial charge on any atom is 0.243 e. The first-order valence-corrected chi connectivity index (χ1v) is 7.48. The third-order valence-corrected chi connectivity index (χ3v) is 3.31. The van der Waals surface area contributed by atoms with Crippen LogP contribution in [0, 0.1) is 5.92 Å². The molecule has 1 saturated heterocycles. The molecule has 5 nitrogen and oxygen atoms in total. The zero-order chi connectivity index (χ0) is 15.2. The molecular weight excluding hydrogens is 327 g/mol. The molecule has 124 valence electrons. The molecule has 1 atom stereocenters. The van der Waals surface area contributed by atoms with Gasteiger partial charge in [-0.05, 0) is 24.1 Å². The molecule has 1 aliphatic rings.